The van der Waals surface area contributed by atoms with Crippen molar-refractivity contribution in [3.05, 3.63) is 59.4 Å². The average molecular weight is 306 g/mol. The molecule has 3 rings (SSSR count). The third kappa shape index (κ3) is 2.52. The van der Waals surface area contributed by atoms with Crippen molar-refractivity contribution < 1.29 is 8.78 Å². The van der Waals surface area contributed by atoms with Gasteiger partial charge in [-0.25, -0.2) is 13.8 Å². The van der Waals surface area contributed by atoms with Crippen molar-refractivity contribution in [3.8, 4) is 0 Å². The molecular formula is C15H10ClF2N3. The summed E-state index contributed by atoms with van der Waals surface area (Å²) in [7, 11) is 1.77. The summed E-state index contributed by atoms with van der Waals surface area (Å²) in [4.78, 5) is 9.82. The lowest BCUT2D eigenvalue weighted by Crippen LogP contribution is -2.12. The molecule has 2 aromatic carbocycles. The molecule has 1 heterocycles. The molecule has 0 saturated heterocycles. The molecule has 0 amide bonds. The number of para-hydroxylation sites is 1. The first-order chi connectivity index (χ1) is 10.1. The summed E-state index contributed by atoms with van der Waals surface area (Å²) in [5, 5.41) is 0.371. The van der Waals surface area contributed by atoms with Crippen molar-refractivity contribution >= 4 is 34.0 Å². The summed E-state index contributed by atoms with van der Waals surface area (Å²) in [5.41, 5.74) is 1.10. The zero-order chi connectivity index (χ0) is 15.0. The predicted molar refractivity (Wildman–Crippen MR) is 79.0 cm³/mol. The molecule has 0 aliphatic carbocycles. The van der Waals surface area contributed by atoms with Gasteiger partial charge in [-0.1, -0.05) is 18.2 Å². The molecule has 3 aromatic rings. The number of rotatable bonds is 2. The zero-order valence-electron chi connectivity index (χ0n) is 11.0. The quantitative estimate of drug-likeness (QED) is 0.660. The minimum Gasteiger partial charge on any atom is -0.329 e. The molecule has 0 saturated carbocycles. The second-order valence-corrected chi connectivity index (χ2v) is 4.83. The van der Waals surface area contributed by atoms with Crippen LogP contribution in [0, 0.1) is 11.6 Å². The van der Waals surface area contributed by atoms with Gasteiger partial charge in [-0.2, -0.15) is 4.98 Å². The number of nitrogens with zero attached hydrogens (tertiary/aromatic N) is 3. The van der Waals surface area contributed by atoms with E-state index in [2.05, 4.69) is 9.97 Å². The van der Waals surface area contributed by atoms with Crippen LogP contribution in [0.3, 0.4) is 0 Å². The normalized spacial score (nSPS) is 10.9. The van der Waals surface area contributed by atoms with Crippen molar-refractivity contribution in [1.82, 2.24) is 9.97 Å². The summed E-state index contributed by atoms with van der Waals surface area (Å²) in [6.07, 6.45) is 0. The molecule has 6 heteroatoms. The molecule has 0 N–H and O–H groups in total. The Morgan fingerprint density at radius 3 is 2.38 bits per heavy atom. The predicted octanol–water partition coefficient (Wildman–Crippen LogP) is 4.33. The van der Waals surface area contributed by atoms with Gasteiger partial charge in [0.15, 0.2) is 11.6 Å². The van der Waals surface area contributed by atoms with Crippen LogP contribution in [0.2, 0.25) is 5.28 Å². The minimum absolute atomic E-state index is 0.0220. The first-order valence-electron chi connectivity index (χ1n) is 6.17. The molecule has 0 unspecified atom stereocenters. The van der Waals surface area contributed by atoms with Crippen molar-refractivity contribution in [3.63, 3.8) is 0 Å². The SMILES string of the molecule is CN(c1ccccc1)c1nc(Cl)nc2cc(F)c(F)cc12. The Labute approximate surface area is 124 Å². The molecule has 0 fully saturated rings. The van der Waals surface area contributed by atoms with Gasteiger partial charge in [-0.05, 0) is 29.8 Å². The Morgan fingerprint density at radius 1 is 1.00 bits per heavy atom. The molecule has 0 spiro atoms. The summed E-state index contributed by atoms with van der Waals surface area (Å²) >= 11 is 5.88. The standard InChI is InChI=1S/C15H10ClF2N3/c1-21(9-5-3-2-4-6-9)14-10-7-11(17)12(18)8-13(10)19-15(16)20-14/h2-8H,1H3. The highest BCUT2D eigenvalue weighted by atomic mass is 35.5. The van der Waals surface area contributed by atoms with Crippen LogP contribution in [0.1, 0.15) is 0 Å². The van der Waals surface area contributed by atoms with Gasteiger partial charge < -0.3 is 4.90 Å². The number of benzene rings is 2. The maximum absolute atomic E-state index is 13.5. The van der Waals surface area contributed by atoms with Crippen LogP contribution in [0.4, 0.5) is 20.3 Å². The van der Waals surface area contributed by atoms with Gasteiger partial charge >= 0.3 is 0 Å². The molecule has 0 aliphatic heterocycles. The topological polar surface area (TPSA) is 29.0 Å². The van der Waals surface area contributed by atoms with Crippen LogP contribution in [0.5, 0.6) is 0 Å². The molecular weight excluding hydrogens is 296 g/mol. The number of anilines is 2. The molecule has 0 radical (unpaired) electrons. The monoisotopic (exact) mass is 305 g/mol. The first kappa shape index (κ1) is 13.7. The van der Waals surface area contributed by atoms with E-state index < -0.39 is 11.6 Å². The van der Waals surface area contributed by atoms with Crippen molar-refractivity contribution in [2.75, 3.05) is 11.9 Å². The Balaban J connectivity index is 2.24. The fourth-order valence-corrected chi connectivity index (χ4v) is 2.28. The van der Waals surface area contributed by atoms with E-state index in [0.29, 0.717) is 11.2 Å². The Bertz CT molecular complexity index is 809. The van der Waals surface area contributed by atoms with Crippen LogP contribution >= 0.6 is 11.6 Å². The second kappa shape index (κ2) is 5.26. The molecule has 0 bridgehead atoms. The van der Waals surface area contributed by atoms with Gasteiger partial charge in [0.1, 0.15) is 5.82 Å². The lowest BCUT2D eigenvalue weighted by atomic mass is 10.2. The largest absolute Gasteiger partial charge is 0.329 e. The maximum atomic E-state index is 13.5. The molecule has 21 heavy (non-hydrogen) atoms. The van der Waals surface area contributed by atoms with Crippen LogP contribution < -0.4 is 4.90 Å². The van der Waals surface area contributed by atoms with Crippen molar-refractivity contribution in [2.24, 2.45) is 0 Å². The molecule has 0 aliphatic rings. The Morgan fingerprint density at radius 2 is 1.67 bits per heavy atom. The van der Waals surface area contributed by atoms with Gasteiger partial charge in [0, 0.05) is 24.2 Å². The van der Waals surface area contributed by atoms with E-state index in [1.807, 2.05) is 30.3 Å². The number of fused-ring (bicyclic) bond motifs is 1. The van der Waals surface area contributed by atoms with Gasteiger partial charge in [0.2, 0.25) is 5.28 Å². The summed E-state index contributed by atoms with van der Waals surface area (Å²) in [6, 6.07) is 11.5. The highest BCUT2D eigenvalue weighted by molar-refractivity contribution is 6.28. The number of aromatic nitrogens is 2. The number of halogens is 3. The van der Waals surface area contributed by atoms with Gasteiger partial charge in [0.25, 0.3) is 0 Å². The summed E-state index contributed by atoms with van der Waals surface area (Å²) in [6.45, 7) is 0. The van der Waals surface area contributed by atoms with Crippen molar-refractivity contribution in [2.45, 2.75) is 0 Å². The van der Waals surface area contributed by atoms with E-state index in [0.717, 1.165) is 17.8 Å². The number of hydrogen-bond donors (Lipinski definition) is 0. The molecule has 1 aromatic heterocycles. The van der Waals surface area contributed by atoms with Crippen LogP contribution in [-0.4, -0.2) is 17.0 Å². The first-order valence-corrected chi connectivity index (χ1v) is 6.55. The van der Waals surface area contributed by atoms with E-state index in [-0.39, 0.29) is 10.8 Å². The number of hydrogen-bond acceptors (Lipinski definition) is 3. The van der Waals surface area contributed by atoms with Gasteiger partial charge in [-0.15, -0.1) is 0 Å². The van der Waals surface area contributed by atoms with Gasteiger partial charge in [0.05, 0.1) is 5.52 Å². The Hall–Kier alpha value is -2.27. The third-order valence-corrected chi connectivity index (χ3v) is 3.32. The van der Waals surface area contributed by atoms with Crippen LogP contribution in [0.15, 0.2) is 42.5 Å². The van der Waals surface area contributed by atoms with E-state index >= 15 is 0 Å². The lowest BCUT2D eigenvalue weighted by Gasteiger charge is -2.20. The average Bonchev–Trinajstić information content (AvgIpc) is 2.48. The minimum atomic E-state index is -0.967. The highest BCUT2D eigenvalue weighted by Gasteiger charge is 2.15. The van der Waals surface area contributed by atoms with Crippen LogP contribution in [-0.2, 0) is 0 Å². The van der Waals surface area contributed by atoms with Crippen LogP contribution in [0.25, 0.3) is 10.9 Å². The molecule has 106 valence electrons. The molecule has 0 atom stereocenters. The molecule has 3 nitrogen and oxygen atoms in total. The summed E-state index contributed by atoms with van der Waals surface area (Å²) in [5.74, 6) is -1.50. The fraction of sp³-hybridized carbons (Fsp3) is 0.0667. The second-order valence-electron chi connectivity index (χ2n) is 4.49. The Kier molecular flexibility index (Phi) is 3.43. The lowest BCUT2D eigenvalue weighted by molar-refractivity contribution is 0.510. The fourth-order valence-electron chi connectivity index (χ4n) is 2.11. The zero-order valence-corrected chi connectivity index (χ0v) is 11.8. The summed E-state index contributed by atoms with van der Waals surface area (Å²) < 4.78 is 26.9. The van der Waals surface area contributed by atoms with Gasteiger partial charge in [-0.3, -0.25) is 0 Å². The maximum Gasteiger partial charge on any atom is 0.224 e. The van der Waals surface area contributed by atoms with Crippen molar-refractivity contribution in [1.29, 1.82) is 0 Å². The van der Waals surface area contributed by atoms with E-state index in [1.165, 1.54) is 0 Å². The highest BCUT2D eigenvalue weighted by Crippen LogP contribution is 2.30. The van der Waals surface area contributed by atoms with E-state index in [9.17, 15) is 8.78 Å². The van der Waals surface area contributed by atoms with E-state index in [4.69, 9.17) is 11.6 Å². The third-order valence-electron chi connectivity index (χ3n) is 3.15. The van der Waals surface area contributed by atoms with E-state index in [1.54, 1.807) is 11.9 Å². The smallest absolute Gasteiger partial charge is 0.224 e.